The minimum absolute atomic E-state index is 0.0963. The summed E-state index contributed by atoms with van der Waals surface area (Å²) in [7, 11) is 0. The molecule has 1 fully saturated rings. The van der Waals surface area contributed by atoms with E-state index in [1.165, 1.54) is 11.1 Å². The van der Waals surface area contributed by atoms with Crippen LogP contribution in [0.15, 0.2) is 29.3 Å². The molecule has 1 saturated heterocycles. The van der Waals surface area contributed by atoms with E-state index in [9.17, 15) is 5.11 Å². The summed E-state index contributed by atoms with van der Waals surface area (Å²) in [6.07, 6.45) is 2.82. The monoisotopic (exact) mass is 302 g/mol. The maximum Gasteiger partial charge on any atom is 0.191 e. The number of hydrogen-bond acceptors (Lipinski definition) is 5. The molecule has 3 rings (SSSR count). The maximum atomic E-state index is 9.55. The van der Waals surface area contributed by atoms with Gasteiger partial charge in [-0.25, -0.2) is 0 Å². The zero-order chi connectivity index (χ0) is 15.2. The highest BCUT2D eigenvalue weighted by atomic mass is 16.3. The summed E-state index contributed by atoms with van der Waals surface area (Å²) in [6.45, 7) is 5.71. The summed E-state index contributed by atoms with van der Waals surface area (Å²) in [5.74, 6) is 0.919. The van der Waals surface area contributed by atoms with Crippen molar-refractivity contribution >= 4 is 5.96 Å². The first-order chi connectivity index (χ1) is 10.8. The van der Waals surface area contributed by atoms with E-state index in [0.717, 1.165) is 64.5 Å². The maximum absolute atomic E-state index is 9.55. The van der Waals surface area contributed by atoms with Gasteiger partial charge in [0.2, 0.25) is 0 Å². The van der Waals surface area contributed by atoms with Crippen LogP contribution in [0.2, 0.25) is 0 Å². The fourth-order valence-electron chi connectivity index (χ4n) is 2.93. The Balaban J connectivity index is 1.46. The quantitative estimate of drug-likeness (QED) is 0.779. The first kappa shape index (κ1) is 15.3. The van der Waals surface area contributed by atoms with Gasteiger partial charge in [-0.1, -0.05) is 24.3 Å². The van der Waals surface area contributed by atoms with E-state index in [2.05, 4.69) is 44.8 Å². The van der Waals surface area contributed by atoms with E-state index in [1.54, 1.807) is 0 Å². The minimum atomic E-state index is -0.0963. The van der Waals surface area contributed by atoms with Crippen LogP contribution in [0.5, 0.6) is 0 Å². The number of guanidine groups is 1. The fraction of sp³-hybridized carbons (Fsp3) is 0.588. The van der Waals surface area contributed by atoms with Crippen molar-refractivity contribution in [1.29, 1.82) is 0 Å². The van der Waals surface area contributed by atoms with Crippen LogP contribution >= 0.6 is 0 Å². The number of nitrogens with one attached hydrogen (secondary N) is 2. The van der Waals surface area contributed by atoms with Crippen molar-refractivity contribution in [3.63, 3.8) is 0 Å². The van der Waals surface area contributed by atoms with Gasteiger partial charge in [-0.3, -0.25) is 9.89 Å². The first-order valence-electron chi connectivity index (χ1n) is 8.30. The molecule has 1 aromatic carbocycles. The molecule has 3 N–H and O–H groups in total. The minimum Gasteiger partial charge on any atom is -0.393 e. The number of hydrogen-bond donors (Lipinski definition) is 3. The normalized spacial score (nSPS) is 20.3. The summed E-state index contributed by atoms with van der Waals surface area (Å²) < 4.78 is 0. The summed E-state index contributed by atoms with van der Waals surface area (Å²) in [5.41, 5.74) is 2.61. The Labute approximate surface area is 132 Å². The number of rotatable bonds is 4. The smallest absolute Gasteiger partial charge is 0.191 e. The summed E-state index contributed by atoms with van der Waals surface area (Å²) >= 11 is 0. The number of benzene rings is 1. The molecule has 22 heavy (non-hydrogen) atoms. The highest BCUT2D eigenvalue weighted by molar-refractivity contribution is 5.80. The molecule has 0 aliphatic carbocycles. The first-order valence-corrected chi connectivity index (χ1v) is 8.30. The van der Waals surface area contributed by atoms with Crippen LogP contribution in [0.25, 0.3) is 0 Å². The third-order valence-electron chi connectivity index (χ3n) is 4.34. The van der Waals surface area contributed by atoms with Crippen molar-refractivity contribution in [2.45, 2.75) is 38.5 Å². The Bertz CT molecular complexity index is 492. The topological polar surface area (TPSA) is 59.9 Å². The SMILES string of the molecule is OC1CCN(Cc2ccc(CNC3=NCCCN3)cc2)CC1. The van der Waals surface area contributed by atoms with Gasteiger partial charge in [0, 0.05) is 39.3 Å². The Morgan fingerprint density at radius 2 is 1.91 bits per heavy atom. The van der Waals surface area contributed by atoms with E-state index in [4.69, 9.17) is 0 Å². The number of aliphatic hydroxyl groups excluding tert-OH is 1. The lowest BCUT2D eigenvalue weighted by Crippen LogP contribution is -2.40. The average Bonchev–Trinajstić information content (AvgIpc) is 2.57. The van der Waals surface area contributed by atoms with Crippen LogP contribution in [0, 0.1) is 0 Å². The second-order valence-corrected chi connectivity index (χ2v) is 6.19. The van der Waals surface area contributed by atoms with E-state index < -0.39 is 0 Å². The van der Waals surface area contributed by atoms with Crippen LogP contribution in [-0.4, -0.2) is 48.2 Å². The van der Waals surface area contributed by atoms with Crippen molar-refractivity contribution < 1.29 is 5.11 Å². The van der Waals surface area contributed by atoms with E-state index in [-0.39, 0.29) is 6.10 Å². The molecule has 2 aliphatic rings. The highest BCUT2D eigenvalue weighted by Gasteiger charge is 2.16. The predicted octanol–water partition coefficient (Wildman–Crippen LogP) is 1.08. The molecule has 5 nitrogen and oxygen atoms in total. The Morgan fingerprint density at radius 1 is 1.18 bits per heavy atom. The Kier molecular flexibility index (Phi) is 5.29. The van der Waals surface area contributed by atoms with Crippen molar-refractivity contribution in [2.24, 2.45) is 4.99 Å². The standard InChI is InChI=1S/C17H26N4O/c22-16-6-10-21(11-7-16)13-15-4-2-14(3-5-15)12-20-17-18-8-1-9-19-17/h2-5,16,22H,1,6-13H2,(H2,18,19,20). The summed E-state index contributed by atoms with van der Waals surface area (Å²) in [4.78, 5) is 6.83. The molecule has 0 radical (unpaired) electrons. The number of aliphatic imine (C=N–C) groups is 1. The molecule has 0 aromatic heterocycles. The zero-order valence-electron chi connectivity index (χ0n) is 13.1. The summed E-state index contributed by atoms with van der Waals surface area (Å²) in [6, 6.07) is 8.78. The molecule has 0 amide bonds. The Hall–Kier alpha value is -1.59. The van der Waals surface area contributed by atoms with Gasteiger partial charge in [0.1, 0.15) is 0 Å². The van der Waals surface area contributed by atoms with Crippen molar-refractivity contribution in [3.05, 3.63) is 35.4 Å². The zero-order valence-corrected chi connectivity index (χ0v) is 13.1. The van der Waals surface area contributed by atoms with E-state index >= 15 is 0 Å². The number of nitrogens with zero attached hydrogens (tertiary/aromatic N) is 2. The van der Waals surface area contributed by atoms with Crippen LogP contribution in [0.3, 0.4) is 0 Å². The van der Waals surface area contributed by atoms with Gasteiger partial charge in [0.25, 0.3) is 0 Å². The molecule has 2 heterocycles. The number of piperidine rings is 1. The van der Waals surface area contributed by atoms with Crippen LogP contribution in [0.4, 0.5) is 0 Å². The van der Waals surface area contributed by atoms with Crippen molar-refractivity contribution in [3.8, 4) is 0 Å². The molecule has 0 atom stereocenters. The van der Waals surface area contributed by atoms with Gasteiger partial charge in [0.15, 0.2) is 5.96 Å². The second-order valence-electron chi connectivity index (χ2n) is 6.19. The number of likely N-dealkylation sites (tertiary alicyclic amines) is 1. The van der Waals surface area contributed by atoms with Crippen molar-refractivity contribution in [2.75, 3.05) is 26.2 Å². The fourth-order valence-corrected chi connectivity index (χ4v) is 2.93. The van der Waals surface area contributed by atoms with Gasteiger partial charge in [-0.15, -0.1) is 0 Å². The van der Waals surface area contributed by atoms with Gasteiger partial charge < -0.3 is 15.7 Å². The highest BCUT2D eigenvalue weighted by Crippen LogP contribution is 2.14. The average molecular weight is 302 g/mol. The molecule has 0 unspecified atom stereocenters. The third-order valence-corrected chi connectivity index (χ3v) is 4.34. The van der Waals surface area contributed by atoms with E-state index in [1.807, 2.05) is 0 Å². The van der Waals surface area contributed by atoms with Gasteiger partial charge in [-0.05, 0) is 30.4 Å². The molecule has 2 aliphatic heterocycles. The van der Waals surface area contributed by atoms with Crippen LogP contribution < -0.4 is 10.6 Å². The van der Waals surface area contributed by atoms with E-state index in [0.29, 0.717) is 0 Å². The van der Waals surface area contributed by atoms with Gasteiger partial charge in [-0.2, -0.15) is 0 Å². The molecular weight excluding hydrogens is 276 g/mol. The second kappa shape index (κ2) is 7.61. The molecule has 0 saturated carbocycles. The van der Waals surface area contributed by atoms with Gasteiger partial charge >= 0.3 is 0 Å². The molecule has 1 aromatic rings. The van der Waals surface area contributed by atoms with Gasteiger partial charge in [0.05, 0.1) is 6.10 Å². The molecule has 0 bridgehead atoms. The van der Waals surface area contributed by atoms with Crippen molar-refractivity contribution in [1.82, 2.24) is 15.5 Å². The molecular formula is C17H26N4O. The predicted molar refractivity (Wildman–Crippen MR) is 88.7 cm³/mol. The molecule has 5 heteroatoms. The third kappa shape index (κ3) is 4.45. The van der Waals surface area contributed by atoms with Crippen LogP contribution in [-0.2, 0) is 13.1 Å². The molecule has 0 spiro atoms. The number of aliphatic hydroxyl groups is 1. The van der Waals surface area contributed by atoms with Crippen LogP contribution in [0.1, 0.15) is 30.4 Å². The lowest BCUT2D eigenvalue weighted by Gasteiger charge is -2.29. The largest absolute Gasteiger partial charge is 0.393 e. The lowest BCUT2D eigenvalue weighted by molar-refractivity contribution is 0.0792. The summed E-state index contributed by atoms with van der Waals surface area (Å²) in [5, 5.41) is 16.2. The molecule has 120 valence electrons. The Morgan fingerprint density at radius 3 is 2.59 bits per heavy atom. The lowest BCUT2D eigenvalue weighted by atomic mass is 10.1.